The predicted molar refractivity (Wildman–Crippen MR) is 108 cm³/mol. The highest BCUT2D eigenvalue weighted by atomic mass is 16.2. The average Bonchev–Trinajstić information content (AvgIpc) is 2.99. The van der Waals surface area contributed by atoms with Gasteiger partial charge in [-0.25, -0.2) is 4.68 Å². The van der Waals surface area contributed by atoms with Crippen LogP contribution >= 0.6 is 0 Å². The van der Waals surface area contributed by atoms with Gasteiger partial charge in [0.1, 0.15) is 5.52 Å². The lowest BCUT2D eigenvalue weighted by molar-refractivity contribution is -0.121. The van der Waals surface area contributed by atoms with Crippen molar-refractivity contribution in [2.45, 2.75) is 33.4 Å². The predicted octanol–water partition coefficient (Wildman–Crippen LogP) is 2.60. The van der Waals surface area contributed by atoms with Crippen LogP contribution in [0.25, 0.3) is 21.8 Å². The van der Waals surface area contributed by atoms with Gasteiger partial charge < -0.3 is 10.3 Å². The summed E-state index contributed by atoms with van der Waals surface area (Å²) in [5.41, 5.74) is 4.82. The molecule has 0 aliphatic heterocycles. The molecule has 1 amide bonds. The maximum absolute atomic E-state index is 12.4. The number of nitrogens with one attached hydrogen (secondary N) is 2. The Bertz CT molecular complexity index is 1240. The highest BCUT2D eigenvalue weighted by Crippen LogP contribution is 2.22. The number of carbonyl (C=O) groups is 1. The molecule has 4 rings (SSSR count). The highest BCUT2D eigenvalue weighted by Gasteiger charge is 2.09. The number of hydrogen-bond acceptors (Lipinski definition) is 4. The maximum atomic E-state index is 12.4. The quantitative estimate of drug-likeness (QED) is 0.561. The van der Waals surface area contributed by atoms with Crippen LogP contribution in [0.5, 0.6) is 0 Å². The Hall–Kier alpha value is -3.48. The van der Waals surface area contributed by atoms with Crippen LogP contribution in [0, 0.1) is 13.8 Å². The van der Waals surface area contributed by atoms with Crippen LogP contribution in [0.15, 0.2) is 47.3 Å². The van der Waals surface area contributed by atoms with Gasteiger partial charge in [0, 0.05) is 29.6 Å². The zero-order valence-corrected chi connectivity index (χ0v) is 15.8. The molecule has 0 aliphatic carbocycles. The van der Waals surface area contributed by atoms with Gasteiger partial charge in [0.25, 0.3) is 5.56 Å². The fraction of sp³-hybridized carbons (Fsp3) is 0.238. The molecular weight excluding hydrogens is 354 g/mol. The number of nitrogens with zero attached hydrogens (tertiary/aromatic N) is 3. The van der Waals surface area contributed by atoms with Crippen LogP contribution in [0.4, 0.5) is 0 Å². The fourth-order valence-electron chi connectivity index (χ4n) is 3.28. The normalized spacial score (nSPS) is 11.2. The van der Waals surface area contributed by atoms with Gasteiger partial charge in [-0.05, 0) is 49.2 Å². The Morgan fingerprint density at radius 3 is 2.82 bits per heavy atom. The van der Waals surface area contributed by atoms with Gasteiger partial charge in [0.15, 0.2) is 0 Å². The van der Waals surface area contributed by atoms with E-state index in [1.54, 1.807) is 18.2 Å². The Morgan fingerprint density at radius 1 is 1.14 bits per heavy atom. The van der Waals surface area contributed by atoms with Gasteiger partial charge in [0.05, 0.1) is 11.9 Å². The van der Waals surface area contributed by atoms with Gasteiger partial charge in [-0.2, -0.15) is 0 Å². The minimum Gasteiger partial charge on any atom is -0.358 e. The third kappa shape index (κ3) is 3.38. The number of benzene rings is 2. The van der Waals surface area contributed by atoms with Crippen molar-refractivity contribution in [1.29, 1.82) is 0 Å². The van der Waals surface area contributed by atoms with Crippen molar-refractivity contribution < 1.29 is 4.79 Å². The smallest absolute Gasteiger partial charge is 0.277 e. The molecule has 2 aromatic heterocycles. The first-order chi connectivity index (χ1) is 13.5. The molecule has 2 aromatic carbocycles. The average molecular weight is 375 g/mol. The van der Waals surface area contributed by atoms with E-state index in [1.807, 2.05) is 18.2 Å². The Morgan fingerprint density at radius 2 is 1.96 bits per heavy atom. The van der Waals surface area contributed by atoms with Gasteiger partial charge >= 0.3 is 0 Å². The monoisotopic (exact) mass is 375 g/mol. The minimum absolute atomic E-state index is 0.135. The van der Waals surface area contributed by atoms with E-state index in [-0.39, 0.29) is 24.4 Å². The van der Waals surface area contributed by atoms with Gasteiger partial charge in [-0.3, -0.25) is 9.59 Å². The number of aromatic nitrogens is 4. The lowest BCUT2D eigenvalue weighted by atomic mass is 10.1. The van der Waals surface area contributed by atoms with Gasteiger partial charge in [-0.15, -0.1) is 5.10 Å². The maximum Gasteiger partial charge on any atom is 0.277 e. The largest absolute Gasteiger partial charge is 0.358 e. The van der Waals surface area contributed by atoms with Crippen LogP contribution in [0.2, 0.25) is 0 Å². The van der Waals surface area contributed by atoms with Gasteiger partial charge in [0.2, 0.25) is 5.91 Å². The number of rotatable bonds is 5. The van der Waals surface area contributed by atoms with Crippen LogP contribution < -0.4 is 10.9 Å². The molecule has 0 saturated carbocycles. The number of carbonyl (C=O) groups excluding carboxylic acids is 1. The van der Waals surface area contributed by atoms with Crippen molar-refractivity contribution in [2.24, 2.45) is 0 Å². The van der Waals surface area contributed by atoms with Crippen LogP contribution in [-0.2, 0) is 17.9 Å². The molecule has 142 valence electrons. The van der Waals surface area contributed by atoms with Crippen molar-refractivity contribution in [3.05, 3.63) is 69.6 Å². The van der Waals surface area contributed by atoms with E-state index in [2.05, 4.69) is 40.5 Å². The Balaban J connectivity index is 1.39. The summed E-state index contributed by atoms with van der Waals surface area (Å²) < 4.78 is 1.24. The van der Waals surface area contributed by atoms with Crippen molar-refractivity contribution >= 4 is 27.7 Å². The SMILES string of the molecule is Cc1[nH]c2ccc(CNC(=O)CCn3nnc4ccccc4c3=O)cc2c1C. The highest BCUT2D eigenvalue weighted by molar-refractivity contribution is 5.85. The van der Waals surface area contributed by atoms with E-state index in [0.29, 0.717) is 17.4 Å². The second-order valence-electron chi connectivity index (χ2n) is 6.92. The van der Waals surface area contributed by atoms with E-state index in [0.717, 1.165) is 16.8 Å². The van der Waals surface area contributed by atoms with E-state index in [9.17, 15) is 9.59 Å². The number of H-pyrrole nitrogens is 1. The van der Waals surface area contributed by atoms with E-state index in [1.165, 1.54) is 15.6 Å². The molecular formula is C21H21N5O2. The molecule has 2 heterocycles. The fourth-order valence-corrected chi connectivity index (χ4v) is 3.28. The third-order valence-corrected chi connectivity index (χ3v) is 5.04. The molecule has 2 N–H and O–H groups in total. The lowest BCUT2D eigenvalue weighted by Gasteiger charge is -2.07. The molecule has 4 aromatic rings. The molecule has 0 spiro atoms. The molecule has 0 radical (unpaired) electrons. The first-order valence-electron chi connectivity index (χ1n) is 9.20. The number of aryl methyl sites for hydroxylation is 3. The lowest BCUT2D eigenvalue weighted by Crippen LogP contribution is -2.29. The standard InChI is InChI=1S/C21H21N5O2/c1-13-14(2)23-18-8-7-15(11-17(13)18)12-22-20(27)9-10-26-21(28)16-5-3-4-6-19(16)24-25-26/h3-8,11,23H,9-10,12H2,1-2H3,(H,22,27). The van der Waals surface area contributed by atoms with Gasteiger partial charge in [-0.1, -0.05) is 23.4 Å². The van der Waals surface area contributed by atoms with Crippen LogP contribution in [0.3, 0.4) is 0 Å². The molecule has 0 aliphatic rings. The number of hydrogen-bond donors (Lipinski definition) is 2. The number of fused-ring (bicyclic) bond motifs is 2. The topological polar surface area (TPSA) is 92.7 Å². The van der Waals surface area contributed by atoms with E-state index >= 15 is 0 Å². The van der Waals surface area contributed by atoms with Crippen molar-refractivity contribution in [1.82, 2.24) is 25.3 Å². The molecule has 0 bridgehead atoms. The van der Waals surface area contributed by atoms with Crippen LogP contribution in [-0.4, -0.2) is 25.9 Å². The summed E-state index contributed by atoms with van der Waals surface area (Å²) in [6, 6.07) is 13.2. The molecule has 7 nitrogen and oxygen atoms in total. The van der Waals surface area contributed by atoms with Crippen molar-refractivity contribution in [3.8, 4) is 0 Å². The summed E-state index contributed by atoms with van der Waals surface area (Å²) >= 11 is 0. The summed E-state index contributed by atoms with van der Waals surface area (Å²) in [6.07, 6.45) is 0.164. The van der Waals surface area contributed by atoms with E-state index in [4.69, 9.17) is 0 Å². The summed E-state index contributed by atoms with van der Waals surface area (Å²) in [4.78, 5) is 28.0. The van der Waals surface area contributed by atoms with Crippen molar-refractivity contribution in [3.63, 3.8) is 0 Å². The summed E-state index contributed by atoms with van der Waals surface area (Å²) in [6.45, 7) is 4.77. The molecule has 0 saturated heterocycles. The van der Waals surface area contributed by atoms with Crippen LogP contribution in [0.1, 0.15) is 23.2 Å². The first-order valence-corrected chi connectivity index (χ1v) is 9.20. The number of aromatic amines is 1. The first kappa shape index (κ1) is 17.9. The summed E-state index contributed by atoms with van der Waals surface area (Å²) in [7, 11) is 0. The van der Waals surface area contributed by atoms with Crippen molar-refractivity contribution in [2.75, 3.05) is 0 Å². The van der Waals surface area contributed by atoms with E-state index < -0.39 is 0 Å². The second kappa shape index (κ2) is 7.26. The molecule has 0 fully saturated rings. The second-order valence-corrected chi connectivity index (χ2v) is 6.92. The third-order valence-electron chi connectivity index (χ3n) is 5.04. The minimum atomic E-state index is -0.234. The Kier molecular flexibility index (Phi) is 4.65. The molecule has 0 atom stereocenters. The summed E-state index contributed by atoms with van der Waals surface area (Å²) in [5, 5.41) is 12.5. The molecule has 7 heteroatoms. The zero-order valence-electron chi connectivity index (χ0n) is 15.8. The molecule has 0 unspecified atom stereocenters. The summed E-state index contributed by atoms with van der Waals surface area (Å²) in [5.74, 6) is -0.135. The zero-order chi connectivity index (χ0) is 19.7. The number of amides is 1. The Labute approximate surface area is 161 Å². The molecule has 28 heavy (non-hydrogen) atoms.